The average molecular weight is 287 g/mol. The Hall–Kier alpha value is -0.740. The lowest BCUT2D eigenvalue weighted by Crippen LogP contribution is -2.05. The number of hydrogen-bond acceptors (Lipinski definition) is 2. The Kier molecular flexibility index (Phi) is 4.89. The molecule has 18 heavy (non-hydrogen) atoms. The lowest BCUT2D eigenvalue weighted by molar-refractivity contribution is 0.625. The zero-order valence-corrected chi connectivity index (χ0v) is 11.9. The fraction of sp³-hybridized carbons (Fsp3) is 0.462. The third kappa shape index (κ3) is 2.98. The summed E-state index contributed by atoms with van der Waals surface area (Å²) in [5.41, 5.74) is 1.72. The second-order valence-corrected chi connectivity index (χ2v) is 5.46. The van der Waals surface area contributed by atoms with E-state index in [9.17, 15) is 4.39 Å². The van der Waals surface area contributed by atoms with Gasteiger partial charge in [-0.25, -0.2) is 9.37 Å². The summed E-state index contributed by atoms with van der Waals surface area (Å²) in [7, 11) is 0. The SMILES string of the molecule is CSCCCn1c(CCCl)nc2ccc(F)cc21. The number of aromatic nitrogens is 2. The quantitative estimate of drug-likeness (QED) is 0.595. The van der Waals surface area contributed by atoms with Crippen LogP contribution in [0.25, 0.3) is 11.0 Å². The Labute approximate surface area is 116 Å². The van der Waals surface area contributed by atoms with Gasteiger partial charge in [0.05, 0.1) is 11.0 Å². The van der Waals surface area contributed by atoms with Crippen LogP contribution >= 0.6 is 23.4 Å². The summed E-state index contributed by atoms with van der Waals surface area (Å²) in [5, 5.41) is 0. The van der Waals surface area contributed by atoms with Crippen molar-refractivity contribution in [3.05, 3.63) is 29.8 Å². The van der Waals surface area contributed by atoms with Crippen molar-refractivity contribution < 1.29 is 4.39 Å². The molecular formula is C13H16ClFN2S. The fourth-order valence-electron chi connectivity index (χ4n) is 2.04. The molecule has 0 aliphatic carbocycles. The van der Waals surface area contributed by atoms with Crippen LogP contribution in [0.2, 0.25) is 0 Å². The first kappa shape index (κ1) is 13.7. The predicted molar refractivity (Wildman–Crippen MR) is 77.1 cm³/mol. The molecular weight excluding hydrogens is 271 g/mol. The van der Waals surface area contributed by atoms with E-state index in [0.717, 1.165) is 42.0 Å². The number of imidazole rings is 1. The Morgan fingerprint density at radius 3 is 3.00 bits per heavy atom. The lowest BCUT2D eigenvalue weighted by atomic mass is 10.3. The van der Waals surface area contributed by atoms with E-state index in [4.69, 9.17) is 11.6 Å². The molecule has 0 aliphatic heterocycles. The van der Waals surface area contributed by atoms with E-state index in [1.54, 1.807) is 12.1 Å². The number of alkyl halides is 1. The summed E-state index contributed by atoms with van der Waals surface area (Å²) in [6.07, 6.45) is 3.86. The van der Waals surface area contributed by atoms with Crippen LogP contribution in [0.5, 0.6) is 0 Å². The summed E-state index contributed by atoms with van der Waals surface area (Å²) >= 11 is 7.61. The molecule has 1 aromatic carbocycles. The second-order valence-electron chi connectivity index (χ2n) is 4.10. The average Bonchev–Trinajstić information content (AvgIpc) is 2.68. The number of rotatable bonds is 6. The minimum Gasteiger partial charge on any atom is -0.328 e. The number of aryl methyl sites for hydroxylation is 2. The van der Waals surface area contributed by atoms with Gasteiger partial charge in [0.1, 0.15) is 11.6 Å². The van der Waals surface area contributed by atoms with Crippen molar-refractivity contribution in [3.8, 4) is 0 Å². The summed E-state index contributed by atoms with van der Waals surface area (Å²) in [5.74, 6) is 2.36. The van der Waals surface area contributed by atoms with E-state index in [0.29, 0.717) is 5.88 Å². The molecule has 0 fully saturated rings. The van der Waals surface area contributed by atoms with Crippen LogP contribution < -0.4 is 0 Å². The van der Waals surface area contributed by atoms with Gasteiger partial charge in [-0.15, -0.1) is 11.6 Å². The molecule has 0 aliphatic rings. The minimum atomic E-state index is -0.217. The molecule has 0 spiro atoms. The molecule has 1 aromatic heterocycles. The van der Waals surface area contributed by atoms with E-state index in [1.807, 2.05) is 11.8 Å². The maximum absolute atomic E-state index is 13.3. The highest BCUT2D eigenvalue weighted by molar-refractivity contribution is 7.98. The molecule has 0 amide bonds. The second kappa shape index (κ2) is 6.43. The predicted octanol–water partition coefficient (Wildman–Crippen LogP) is 3.71. The van der Waals surface area contributed by atoms with Crippen LogP contribution in [0.15, 0.2) is 18.2 Å². The number of nitrogens with zero attached hydrogens (tertiary/aromatic N) is 2. The molecule has 0 saturated heterocycles. The van der Waals surface area contributed by atoms with Gasteiger partial charge >= 0.3 is 0 Å². The number of benzene rings is 1. The van der Waals surface area contributed by atoms with Crippen molar-refractivity contribution in [2.45, 2.75) is 19.4 Å². The molecule has 2 nitrogen and oxygen atoms in total. The van der Waals surface area contributed by atoms with Crippen molar-refractivity contribution in [2.75, 3.05) is 17.9 Å². The first-order valence-corrected chi connectivity index (χ1v) is 7.88. The van der Waals surface area contributed by atoms with Crippen molar-refractivity contribution in [1.29, 1.82) is 0 Å². The molecule has 0 unspecified atom stereocenters. The van der Waals surface area contributed by atoms with Gasteiger partial charge < -0.3 is 4.57 Å². The van der Waals surface area contributed by atoms with Gasteiger partial charge in [0.2, 0.25) is 0 Å². The zero-order chi connectivity index (χ0) is 13.0. The number of thioether (sulfide) groups is 1. The normalized spacial score (nSPS) is 11.3. The van der Waals surface area contributed by atoms with E-state index < -0.39 is 0 Å². The minimum absolute atomic E-state index is 0.217. The van der Waals surface area contributed by atoms with Crippen molar-refractivity contribution in [1.82, 2.24) is 9.55 Å². The Morgan fingerprint density at radius 2 is 2.28 bits per heavy atom. The van der Waals surface area contributed by atoms with Crippen LogP contribution in [0.4, 0.5) is 4.39 Å². The largest absolute Gasteiger partial charge is 0.328 e. The molecule has 98 valence electrons. The topological polar surface area (TPSA) is 17.8 Å². The van der Waals surface area contributed by atoms with Gasteiger partial charge in [0.15, 0.2) is 0 Å². The maximum Gasteiger partial charge on any atom is 0.125 e. The molecule has 0 saturated carbocycles. The van der Waals surface area contributed by atoms with Crippen LogP contribution in [-0.2, 0) is 13.0 Å². The first-order valence-electron chi connectivity index (χ1n) is 5.96. The highest BCUT2D eigenvalue weighted by atomic mass is 35.5. The zero-order valence-electron chi connectivity index (χ0n) is 10.3. The van der Waals surface area contributed by atoms with Gasteiger partial charge in [-0.3, -0.25) is 0 Å². The Bertz CT molecular complexity index is 527. The Balaban J connectivity index is 2.36. The highest BCUT2D eigenvalue weighted by Gasteiger charge is 2.10. The van der Waals surface area contributed by atoms with Gasteiger partial charge in [0, 0.05) is 18.8 Å². The fourth-order valence-corrected chi connectivity index (χ4v) is 2.62. The van der Waals surface area contributed by atoms with E-state index >= 15 is 0 Å². The summed E-state index contributed by atoms with van der Waals surface area (Å²) in [6, 6.07) is 4.73. The lowest BCUT2D eigenvalue weighted by Gasteiger charge is -2.07. The molecule has 0 N–H and O–H groups in total. The number of halogens is 2. The summed E-state index contributed by atoms with van der Waals surface area (Å²) in [4.78, 5) is 4.53. The monoisotopic (exact) mass is 286 g/mol. The summed E-state index contributed by atoms with van der Waals surface area (Å²) < 4.78 is 15.4. The molecule has 2 rings (SSSR count). The third-order valence-electron chi connectivity index (χ3n) is 2.84. The molecule has 0 atom stereocenters. The van der Waals surface area contributed by atoms with E-state index in [1.165, 1.54) is 6.07 Å². The van der Waals surface area contributed by atoms with Crippen molar-refractivity contribution in [3.63, 3.8) is 0 Å². The van der Waals surface area contributed by atoms with E-state index in [2.05, 4.69) is 15.8 Å². The van der Waals surface area contributed by atoms with Gasteiger partial charge in [0.25, 0.3) is 0 Å². The van der Waals surface area contributed by atoms with Crippen LogP contribution in [0, 0.1) is 5.82 Å². The van der Waals surface area contributed by atoms with Gasteiger partial charge in [-0.05, 0) is 36.6 Å². The van der Waals surface area contributed by atoms with Crippen LogP contribution in [-0.4, -0.2) is 27.4 Å². The molecule has 1 heterocycles. The molecule has 2 aromatic rings. The highest BCUT2D eigenvalue weighted by Crippen LogP contribution is 2.19. The van der Waals surface area contributed by atoms with Gasteiger partial charge in [-0.2, -0.15) is 11.8 Å². The van der Waals surface area contributed by atoms with Crippen LogP contribution in [0.1, 0.15) is 12.2 Å². The third-order valence-corrected chi connectivity index (χ3v) is 3.72. The molecule has 0 radical (unpaired) electrons. The van der Waals surface area contributed by atoms with Gasteiger partial charge in [-0.1, -0.05) is 0 Å². The molecule has 5 heteroatoms. The number of fused-ring (bicyclic) bond motifs is 1. The van der Waals surface area contributed by atoms with Crippen LogP contribution in [0.3, 0.4) is 0 Å². The Morgan fingerprint density at radius 1 is 1.44 bits per heavy atom. The first-order chi connectivity index (χ1) is 8.76. The van der Waals surface area contributed by atoms with Crippen molar-refractivity contribution >= 4 is 34.4 Å². The molecule has 0 bridgehead atoms. The van der Waals surface area contributed by atoms with Crippen molar-refractivity contribution in [2.24, 2.45) is 0 Å². The van der Waals surface area contributed by atoms with E-state index in [-0.39, 0.29) is 5.82 Å². The summed E-state index contributed by atoms with van der Waals surface area (Å²) in [6.45, 7) is 0.868. The standard InChI is InChI=1S/C13H16ClFN2S/c1-18-8-2-7-17-12-9-10(15)3-4-11(12)16-13(17)5-6-14/h3-4,9H,2,5-8H2,1H3. The maximum atomic E-state index is 13.3. The smallest absolute Gasteiger partial charge is 0.125 e. The number of hydrogen-bond donors (Lipinski definition) is 0.